The highest BCUT2D eigenvalue weighted by atomic mass is 15.2. The summed E-state index contributed by atoms with van der Waals surface area (Å²) >= 11 is 0. The van der Waals surface area contributed by atoms with Gasteiger partial charge in [0.05, 0.1) is 11.4 Å². The highest BCUT2D eigenvalue weighted by Gasteiger charge is 2.18. The van der Waals surface area contributed by atoms with Gasteiger partial charge in [-0.2, -0.15) is 0 Å². The minimum absolute atomic E-state index is 1.08. The molecule has 0 amide bonds. The van der Waals surface area contributed by atoms with Crippen molar-refractivity contribution in [1.29, 1.82) is 0 Å². The Balaban J connectivity index is 1.89. The largest absolute Gasteiger partial charge is 0.371 e. The molecule has 0 atom stereocenters. The average Bonchev–Trinajstić information content (AvgIpc) is 2.41. The van der Waals surface area contributed by atoms with Crippen LogP contribution in [0.25, 0.3) is 0 Å². The molecule has 3 nitrogen and oxygen atoms in total. The van der Waals surface area contributed by atoms with E-state index in [0.717, 1.165) is 26.2 Å². The Kier molecular flexibility index (Phi) is 4.88. The van der Waals surface area contributed by atoms with Crippen molar-refractivity contribution in [2.45, 2.75) is 19.8 Å². The zero-order valence-electron chi connectivity index (χ0n) is 11.7. The van der Waals surface area contributed by atoms with Gasteiger partial charge in [0.25, 0.3) is 0 Å². The number of nitrogens with one attached hydrogen (secondary N) is 1. The quantitative estimate of drug-likeness (QED) is 0.778. The van der Waals surface area contributed by atoms with Crippen LogP contribution in [0.15, 0.2) is 24.3 Å². The van der Waals surface area contributed by atoms with Gasteiger partial charge in [-0.05, 0) is 38.1 Å². The number of anilines is 2. The smallest absolute Gasteiger partial charge is 0.0604 e. The van der Waals surface area contributed by atoms with E-state index in [-0.39, 0.29) is 0 Å². The van der Waals surface area contributed by atoms with E-state index < -0.39 is 0 Å². The fourth-order valence-electron chi connectivity index (χ4n) is 2.53. The number of benzene rings is 1. The molecular weight excluding hydrogens is 222 g/mol. The Morgan fingerprint density at radius 3 is 2.67 bits per heavy atom. The fourth-order valence-corrected chi connectivity index (χ4v) is 2.53. The van der Waals surface area contributed by atoms with Gasteiger partial charge in [0.2, 0.25) is 0 Å². The van der Waals surface area contributed by atoms with Crippen LogP contribution in [-0.4, -0.2) is 39.8 Å². The highest BCUT2D eigenvalue weighted by molar-refractivity contribution is 5.72. The minimum Gasteiger partial charge on any atom is -0.371 e. The van der Waals surface area contributed by atoms with E-state index in [1.807, 2.05) is 0 Å². The Hall–Kier alpha value is -1.22. The molecule has 18 heavy (non-hydrogen) atoms. The van der Waals surface area contributed by atoms with Gasteiger partial charge in [-0.15, -0.1) is 0 Å². The van der Waals surface area contributed by atoms with Gasteiger partial charge in [0.15, 0.2) is 0 Å². The molecule has 1 N–H and O–H groups in total. The lowest BCUT2D eigenvalue weighted by Gasteiger charge is -2.37. The van der Waals surface area contributed by atoms with Crippen LogP contribution in [0.5, 0.6) is 0 Å². The number of hydrogen-bond acceptors (Lipinski definition) is 3. The average molecular weight is 247 g/mol. The van der Waals surface area contributed by atoms with Crippen molar-refractivity contribution in [2.24, 2.45) is 0 Å². The molecule has 1 aromatic rings. The van der Waals surface area contributed by atoms with Crippen molar-refractivity contribution in [3.8, 4) is 0 Å². The van der Waals surface area contributed by atoms with Gasteiger partial charge in [-0.25, -0.2) is 0 Å². The first kappa shape index (κ1) is 13.2. The summed E-state index contributed by atoms with van der Waals surface area (Å²) in [7, 11) is 2.18. The number of likely N-dealkylation sites (N-methyl/N-ethyl adjacent to an activating group) is 1. The molecule has 0 fully saturated rings. The first-order valence-electron chi connectivity index (χ1n) is 7.08. The molecule has 0 aliphatic carbocycles. The molecule has 0 bridgehead atoms. The van der Waals surface area contributed by atoms with Gasteiger partial charge in [-0.3, -0.25) is 0 Å². The molecule has 0 spiro atoms. The molecule has 0 radical (unpaired) electrons. The molecule has 1 aromatic carbocycles. The number of rotatable bonds is 6. The van der Waals surface area contributed by atoms with Crippen LogP contribution in [0.2, 0.25) is 0 Å². The van der Waals surface area contributed by atoms with Gasteiger partial charge in [0.1, 0.15) is 0 Å². The Morgan fingerprint density at radius 1 is 1.11 bits per heavy atom. The van der Waals surface area contributed by atoms with Crippen molar-refractivity contribution >= 4 is 11.4 Å². The first-order chi connectivity index (χ1) is 8.83. The van der Waals surface area contributed by atoms with E-state index in [1.165, 1.54) is 30.8 Å². The summed E-state index contributed by atoms with van der Waals surface area (Å²) in [6.07, 6.45) is 2.54. The van der Waals surface area contributed by atoms with Crippen LogP contribution in [0.3, 0.4) is 0 Å². The maximum absolute atomic E-state index is 3.39. The Bertz CT molecular complexity index is 365. The number of hydrogen-bond donors (Lipinski definition) is 1. The normalized spacial score (nSPS) is 14.8. The summed E-state index contributed by atoms with van der Waals surface area (Å²) in [6, 6.07) is 8.74. The van der Waals surface area contributed by atoms with E-state index >= 15 is 0 Å². The number of unbranched alkanes of at least 4 members (excludes halogenated alkanes) is 1. The van der Waals surface area contributed by atoms with Crippen LogP contribution in [0, 0.1) is 0 Å². The summed E-state index contributed by atoms with van der Waals surface area (Å²) in [6.45, 7) is 7.84. The number of para-hydroxylation sites is 2. The third-order valence-electron chi connectivity index (χ3n) is 3.62. The van der Waals surface area contributed by atoms with Crippen LogP contribution < -0.4 is 15.1 Å². The SMILES string of the molecule is CCNCCCCN1CCN(C)c2ccccc21. The predicted molar refractivity (Wildman–Crippen MR) is 79.7 cm³/mol. The molecule has 1 aliphatic rings. The first-order valence-corrected chi connectivity index (χ1v) is 7.08. The highest BCUT2D eigenvalue weighted by Crippen LogP contribution is 2.31. The van der Waals surface area contributed by atoms with Crippen LogP contribution in [-0.2, 0) is 0 Å². The van der Waals surface area contributed by atoms with Gasteiger partial charge >= 0.3 is 0 Å². The van der Waals surface area contributed by atoms with Crippen LogP contribution in [0.1, 0.15) is 19.8 Å². The van der Waals surface area contributed by atoms with E-state index in [4.69, 9.17) is 0 Å². The minimum atomic E-state index is 1.08. The molecule has 0 saturated heterocycles. The van der Waals surface area contributed by atoms with Crippen molar-refractivity contribution in [3.05, 3.63) is 24.3 Å². The second-order valence-corrected chi connectivity index (χ2v) is 4.96. The lowest BCUT2D eigenvalue weighted by Crippen LogP contribution is -2.39. The third kappa shape index (κ3) is 3.16. The zero-order chi connectivity index (χ0) is 12.8. The molecule has 2 rings (SSSR count). The molecule has 0 aromatic heterocycles. The summed E-state index contributed by atoms with van der Waals surface area (Å²) in [4.78, 5) is 4.88. The molecule has 100 valence electrons. The molecule has 0 saturated carbocycles. The van der Waals surface area contributed by atoms with Crippen molar-refractivity contribution in [3.63, 3.8) is 0 Å². The molecule has 3 heteroatoms. The second kappa shape index (κ2) is 6.64. The topological polar surface area (TPSA) is 18.5 Å². The number of nitrogens with zero attached hydrogens (tertiary/aromatic N) is 2. The molecular formula is C15H25N3. The summed E-state index contributed by atoms with van der Waals surface area (Å²) in [5.41, 5.74) is 2.77. The monoisotopic (exact) mass is 247 g/mol. The summed E-state index contributed by atoms with van der Waals surface area (Å²) < 4.78 is 0. The summed E-state index contributed by atoms with van der Waals surface area (Å²) in [5.74, 6) is 0. The fraction of sp³-hybridized carbons (Fsp3) is 0.600. The lowest BCUT2D eigenvalue weighted by molar-refractivity contribution is 0.620. The van der Waals surface area contributed by atoms with E-state index in [2.05, 4.69) is 53.4 Å². The van der Waals surface area contributed by atoms with Gasteiger partial charge in [-0.1, -0.05) is 19.1 Å². The second-order valence-electron chi connectivity index (χ2n) is 4.96. The van der Waals surface area contributed by atoms with Gasteiger partial charge in [0, 0.05) is 26.7 Å². The molecule has 1 aliphatic heterocycles. The third-order valence-corrected chi connectivity index (χ3v) is 3.62. The maximum atomic E-state index is 3.39. The Labute approximate surface area is 111 Å². The van der Waals surface area contributed by atoms with Crippen molar-refractivity contribution in [2.75, 3.05) is 49.6 Å². The van der Waals surface area contributed by atoms with Crippen LogP contribution in [0.4, 0.5) is 11.4 Å². The van der Waals surface area contributed by atoms with Crippen molar-refractivity contribution in [1.82, 2.24) is 5.32 Å². The Morgan fingerprint density at radius 2 is 1.89 bits per heavy atom. The lowest BCUT2D eigenvalue weighted by atomic mass is 10.1. The zero-order valence-corrected chi connectivity index (χ0v) is 11.7. The van der Waals surface area contributed by atoms with Crippen molar-refractivity contribution < 1.29 is 0 Å². The standard InChI is InChI=1S/C15H25N3/c1-3-16-10-6-7-11-18-13-12-17(2)14-8-4-5-9-15(14)18/h4-5,8-9,16H,3,6-7,10-13H2,1-2H3. The summed E-state index contributed by atoms with van der Waals surface area (Å²) in [5, 5.41) is 3.39. The predicted octanol–water partition coefficient (Wildman–Crippen LogP) is 2.33. The number of fused-ring (bicyclic) bond motifs is 1. The molecule has 0 unspecified atom stereocenters. The molecule has 1 heterocycles. The van der Waals surface area contributed by atoms with Gasteiger partial charge < -0.3 is 15.1 Å². The maximum Gasteiger partial charge on any atom is 0.0604 e. The van der Waals surface area contributed by atoms with Crippen LogP contribution >= 0.6 is 0 Å². The van der Waals surface area contributed by atoms with E-state index in [9.17, 15) is 0 Å². The van der Waals surface area contributed by atoms with E-state index in [0.29, 0.717) is 0 Å². The van der Waals surface area contributed by atoms with E-state index in [1.54, 1.807) is 0 Å².